The van der Waals surface area contributed by atoms with Gasteiger partial charge in [-0.25, -0.2) is 14.8 Å². The predicted octanol–water partition coefficient (Wildman–Crippen LogP) is 0.0314. The summed E-state index contributed by atoms with van der Waals surface area (Å²) in [6.07, 6.45) is 2.80. The van der Waals surface area contributed by atoms with E-state index in [1.807, 2.05) is 6.07 Å². The van der Waals surface area contributed by atoms with Crippen molar-refractivity contribution in [2.75, 3.05) is 32.5 Å². The molecule has 0 radical (unpaired) electrons. The zero-order valence-electron chi connectivity index (χ0n) is 9.77. The lowest BCUT2D eigenvalue weighted by atomic mass is 10.3. The summed E-state index contributed by atoms with van der Waals surface area (Å²) in [5, 5.41) is 14.4. The molecule has 2 amide bonds. The lowest BCUT2D eigenvalue weighted by molar-refractivity contribution is 0.218. The fourth-order valence-corrected chi connectivity index (χ4v) is 1.06. The minimum absolute atomic E-state index is 0.157. The molecule has 1 heterocycles. The highest BCUT2D eigenvalue weighted by atomic mass is 16.2. The molecule has 0 fully saturated rings. The van der Waals surface area contributed by atoms with Crippen LogP contribution in [0.2, 0.25) is 0 Å². The molecule has 0 saturated heterocycles. The van der Waals surface area contributed by atoms with E-state index in [9.17, 15) is 4.79 Å². The Morgan fingerprint density at radius 1 is 1.53 bits per heavy atom. The van der Waals surface area contributed by atoms with Crippen molar-refractivity contribution in [3.05, 3.63) is 18.1 Å². The number of amides is 2. The number of nitrogens with zero attached hydrogens (tertiary/aromatic N) is 4. The second-order valence-corrected chi connectivity index (χ2v) is 3.45. The highest BCUT2D eigenvalue weighted by Gasteiger charge is 2.03. The third-order valence-corrected chi connectivity index (χ3v) is 1.93. The van der Waals surface area contributed by atoms with E-state index in [-0.39, 0.29) is 6.03 Å². The number of hydrogen-bond donors (Lipinski definition) is 2. The maximum Gasteiger partial charge on any atom is 0.316 e. The minimum atomic E-state index is -0.157. The van der Waals surface area contributed by atoms with Crippen LogP contribution in [0.5, 0.6) is 0 Å². The average molecular weight is 234 g/mol. The monoisotopic (exact) mass is 234 g/mol. The first kappa shape index (κ1) is 12.7. The van der Waals surface area contributed by atoms with Crippen LogP contribution < -0.4 is 10.6 Å². The number of carbonyl (C=O) groups excluding carboxylic acids is 1. The predicted molar refractivity (Wildman–Crippen MR) is 62.3 cm³/mol. The SMILES string of the molecule is CN(C)C(=O)NCCNc1ncncc1C#N. The topological polar surface area (TPSA) is 93.9 Å². The molecule has 0 aliphatic rings. The maximum atomic E-state index is 11.2. The molecule has 90 valence electrons. The fraction of sp³-hybridized carbons (Fsp3) is 0.400. The molecule has 0 atom stereocenters. The van der Waals surface area contributed by atoms with Gasteiger partial charge in [0.05, 0.1) is 6.20 Å². The van der Waals surface area contributed by atoms with Crippen LogP contribution in [0.4, 0.5) is 10.6 Å². The van der Waals surface area contributed by atoms with Gasteiger partial charge in [-0.2, -0.15) is 5.26 Å². The van der Waals surface area contributed by atoms with E-state index < -0.39 is 0 Å². The summed E-state index contributed by atoms with van der Waals surface area (Å²) in [4.78, 5) is 20.3. The van der Waals surface area contributed by atoms with Gasteiger partial charge >= 0.3 is 6.03 Å². The van der Waals surface area contributed by atoms with Gasteiger partial charge in [0.25, 0.3) is 0 Å². The molecule has 0 unspecified atom stereocenters. The largest absolute Gasteiger partial charge is 0.367 e. The van der Waals surface area contributed by atoms with Crippen molar-refractivity contribution < 1.29 is 4.79 Å². The molecule has 7 heteroatoms. The van der Waals surface area contributed by atoms with Crippen LogP contribution in [0.1, 0.15) is 5.56 Å². The van der Waals surface area contributed by atoms with Gasteiger partial charge in [-0.15, -0.1) is 0 Å². The number of hydrogen-bond acceptors (Lipinski definition) is 5. The molecule has 0 spiro atoms. The molecule has 0 aliphatic carbocycles. The minimum Gasteiger partial charge on any atom is -0.367 e. The molecule has 7 nitrogen and oxygen atoms in total. The van der Waals surface area contributed by atoms with Crippen LogP contribution in [0.3, 0.4) is 0 Å². The van der Waals surface area contributed by atoms with Crippen molar-refractivity contribution in [3.63, 3.8) is 0 Å². The Kier molecular flexibility index (Phi) is 4.69. The van der Waals surface area contributed by atoms with Gasteiger partial charge in [0.1, 0.15) is 23.8 Å². The number of rotatable bonds is 4. The summed E-state index contributed by atoms with van der Waals surface area (Å²) in [5.41, 5.74) is 0.381. The first-order chi connectivity index (χ1) is 8.15. The van der Waals surface area contributed by atoms with Crippen molar-refractivity contribution in [1.82, 2.24) is 20.2 Å². The Morgan fingerprint density at radius 3 is 2.94 bits per heavy atom. The molecule has 0 bridgehead atoms. The lowest BCUT2D eigenvalue weighted by Crippen LogP contribution is -2.37. The highest BCUT2D eigenvalue weighted by molar-refractivity contribution is 5.73. The number of urea groups is 1. The third kappa shape index (κ3) is 3.95. The normalized spacial score (nSPS) is 9.24. The molecule has 1 rings (SSSR count). The van der Waals surface area contributed by atoms with E-state index in [1.54, 1.807) is 14.1 Å². The molecule has 0 aromatic carbocycles. The Labute approximate surface area is 99.5 Å². The van der Waals surface area contributed by atoms with Gasteiger partial charge < -0.3 is 15.5 Å². The molecule has 2 N–H and O–H groups in total. The quantitative estimate of drug-likeness (QED) is 0.717. The van der Waals surface area contributed by atoms with Crippen LogP contribution in [0.25, 0.3) is 0 Å². The molecule has 17 heavy (non-hydrogen) atoms. The van der Waals surface area contributed by atoms with Crippen molar-refractivity contribution >= 4 is 11.8 Å². The van der Waals surface area contributed by atoms with E-state index in [0.29, 0.717) is 24.5 Å². The smallest absolute Gasteiger partial charge is 0.316 e. The summed E-state index contributed by atoms with van der Waals surface area (Å²) in [6.45, 7) is 0.942. The Hall–Kier alpha value is -2.36. The summed E-state index contributed by atoms with van der Waals surface area (Å²) in [5.74, 6) is 0.474. The van der Waals surface area contributed by atoms with Crippen LogP contribution in [-0.2, 0) is 0 Å². The number of nitriles is 1. The van der Waals surface area contributed by atoms with Crippen molar-refractivity contribution in [2.45, 2.75) is 0 Å². The molecule has 0 aliphatic heterocycles. The van der Waals surface area contributed by atoms with Gasteiger partial charge in [0, 0.05) is 27.2 Å². The second kappa shape index (κ2) is 6.27. The fourth-order valence-electron chi connectivity index (χ4n) is 1.06. The van der Waals surface area contributed by atoms with Gasteiger partial charge in [-0.05, 0) is 0 Å². The molecular formula is C10H14N6O. The Bertz CT molecular complexity index is 425. The number of nitrogens with one attached hydrogen (secondary N) is 2. The second-order valence-electron chi connectivity index (χ2n) is 3.45. The zero-order valence-corrected chi connectivity index (χ0v) is 9.77. The molecule has 0 saturated carbocycles. The van der Waals surface area contributed by atoms with Crippen molar-refractivity contribution in [2.24, 2.45) is 0 Å². The van der Waals surface area contributed by atoms with Crippen molar-refractivity contribution in [1.29, 1.82) is 5.26 Å². The first-order valence-corrected chi connectivity index (χ1v) is 5.04. The van der Waals surface area contributed by atoms with Crippen LogP contribution in [0, 0.1) is 11.3 Å². The summed E-state index contributed by atoms with van der Waals surface area (Å²) < 4.78 is 0. The first-order valence-electron chi connectivity index (χ1n) is 5.04. The summed E-state index contributed by atoms with van der Waals surface area (Å²) >= 11 is 0. The number of carbonyl (C=O) groups is 1. The van der Waals surface area contributed by atoms with Crippen LogP contribution in [-0.4, -0.2) is 48.1 Å². The Morgan fingerprint density at radius 2 is 2.29 bits per heavy atom. The van der Waals surface area contributed by atoms with Gasteiger partial charge in [-0.1, -0.05) is 0 Å². The van der Waals surface area contributed by atoms with Gasteiger partial charge in [0.15, 0.2) is 0 Å². The highest BCUT2D eigenvalue weighted by Crippen LogP contribution is 2.06. The molecule has 1 aromatic rings. The molecule has 1 aromatic heterocycles. The molecular weight excluding hydrogens is 220 g/mol. The van der Waals surface area contributed by atoms with Crippen LogP contribution in [0.15, 0.2) is 12.5 Å². The lowest BCUT2D eigenvalue weighted by Gasteiger charge is -2.12. The summed E-state index contributed by atoms with van der Waals surface area (Å²) in [7, 11) is 3.34. The standard InChI is InChI=1S/C10H14N6O/c1-16(2)10(17)14-4-3-13-9-8(5-11)6-12-7-15-9/h6-7H,3-4H2,1-2H3,(H,14,17)(H,12,13,15). The Balaban J connectivity index is 2.37. The van der Waals surface area contributed by atoms with Crippen molar-refractivity contribution in [3.8, 4) is 6.07 Å². The number of anilines is 1. The number of aromatic nitrogens is 2. The van der Waals surface area contributed by atoms with Gasteiger partial charge in [-0.3, -0.25) is 0 Å². The third-order valence-electron chi connectivity index (χ3n) is 1.93. The summed E-state index contributed by atoms with van der Waals surface area (Å²) in [6, 6.07) is 1.82. The van der Waals surface area contributed by atoms with E-state index in [2.05, 4.69) is 20.6 Å². The van der Waals surface area contributed by atoms with E-state index in [0.717, 1.165) is 0 Å². The zero-order chi connectivity index (χ0) is 12.7. The maximum absolute atomic E-state index is 11.2. The van der Waals surface area contributed by atoms with E-state index in [4.69, 9.17) is 5.26 Å². The van der Waals surface area contributed by atoms with Gasteiger partial charge in [0.2, 0.25) is 0 Å². The average Bonchev–Trinajstić information content (AvgIpc) is 2.34. The van der Waals surface area contributed by atoms with E-state index >= 15 is 0 Å². The van der Waals surface area contributed by atoms with E-state index in [1.165, 1.54) is 17.4 Å². The van der Waals surface area contributed by atoms with Crippen LogP contribution >= 0.6 is 0 Å².